The van der Waals surface area contributed by atoms with Gasteiger partial charge in [-0.3, -0.25) is 0 Å². The van der Waals surface area contributed by atoms with Crippen molar-refractivity contribution in [1.29, 1.82) is 0 Å². The lowest BCUT2D eigenvalue weighted by molar-refractivity contribution is 0.321. The monoisotopic (exact) mass is 340 g/mol. The Kier molecular flexibility index (Phi) is 6.38. The van der Waals surface area contributed by atoms with E-state index >= 15 is 0 Å². The van der Waals surface area contributed by atoms with Crippen molar-refractivity contribution in [2.75, 3.05) is 0 Å². The van der Waals surface area contributed by atoms with Crippen LogP contribution in [0, 0.1) is 0 Å². The van der Waals surface area contributed by atoms with Crippen LogP contribution in [0.15, 0.2) is 32.2 Å². The predicted molar refractivity (Wildman–Crippen MR) is 96.4 cm³/mol. The Morgan fingerprint density at radius 2 is 1.14 bits per heavy atom. The van der Waals surface area contributed by atoms with Gasteiger partial charge < -0.3 is 10.4 Å². The Labute approximate surface area is 141 Å². The molecule has 0 aliphatic heterocycles. The van der Waals surface area contributed by atoms with Crippen molar-refractivity contribution >= 4 is 36.0 Å². The molecule has 2 N–H and O–H groups in total. The van der Waals surface area contributed by atoms with Crippen LogP contribution in [-0.2, 0) is 0 Å². The first-order valence-electron chi connectivity index (χ1n) is 6.96. The number of rotatable bonds is 4. The second-order valence-corrected chi connectivity index (χ2v) is 10.6. The quantitative estimate of drug-likeness (QED) is 0.347. The molecule has 122 valence electrons. The summed E-state index contributed by atoms with van der Waals surface area (Å²) in [4.78, 5) is 2.07. The van der Waals surface area contributed by atoms with Gasteiger partial charge in [-0.2, -0.15) is 0 Å². The highest BCUT2D eigenvalue weighted by molar-refractivity contribution is 8.01. The molecule has 0 aliphatic rings. The van der Waals surface area contributed by atoms with Crippen molar-refractivity contribution < 1.29 is 10.4 Å². The second kappa shape index (κ2) is 7.42. The maximum atomic E-state index is 8.89. The van der Waals surface area contributed by atoms with Gasteiger partial charge in [0.15, 0.2) is 0 Å². The third-order valence-electron chi connectivity index (χ3n) is 2.37. The number of thioether (sulfide) groups is 2. The molecule has 0 radical (unpaired) electrons. The van der Waals surface area contributed by atoms with Gasteiger partial charge in [-0.25, -0.2) is 0 Å². The molecule has 0 saturated carbocycles. The Balaban J connectivity index is 3.44. The van der Waals surface area contributed by atoms with Gasteiger partial charge in [0, 0.05) is 30.4 Å². The highest BCUT2D eigenvalue weighted by atomic mass is 32.2. The molecule has 0 aromatic heterocycles. The first-order valence-corrected chi connectivity index (χ1v) is 8.60. The molecule has 1 aromatic carbocycles. The molecule has 22 heavy (non-hydrogen) atoms. The van der Waals surface area contributed by atoms with Gasteiger partial charge in [-0.15, -0.1) is 23.5 Å². The molecule has 0 fully saturated rings. The van der Waals surface area contributed by atoms with Gasteiger partial charge in [0.05, 0.1) is 12.4 Å². The molecule has 0 heterocycles. The zero-order valence-electron chi connectivity index (χ0n) is 13.9. The summed E-state index contributed by atoms with van der Waals surface area (Å²) in [6, 6.07) is 3.95. The van der Waals surface area contributed by atoms with Crippen LogP contribution in [0.2, 0.25) is 0 Å². The smallest absolute Gasteiger partial charge is 0.0745 e. The minimum atomic E-state index is 0.0360. The third kappa shape index (κ3) is 6.32. The second-order valence-electron chi connectivity index (χ2n) is 6.85. The molecule has 0 atom stereocenters. The molecular weight excluding hydrogens is 316 g/mol. The molecule has 0 bridgehead atoms. The summed E-state index contributed by atoms with van der Waals surface area (Å²) < 4.78 is 0.0720. The van der Waals surface area contributed by atoms with Crippen molar-refractivity contribution in [3.63, 3.8) is 0 Å². The minimum Gasteiger partial charge on any atom is -0.411 e. The Morgan fingerprint density at radius 3 is 1.41 bits per heavy atom. The number of oxime groups is 2. The zero-order chi connectivity index (χ0) is 17.0. The predicted octanol–water partition coefficient (Wildman–Crippen LogP) is 5.08. The lowest BCUT2D eigenvalue weighted by Crippen LogP contribution is -2.10. The number of benzene rings is 1. The Morgan fingerprint density at radius 1 is 0.773 bits per heavy atom. The molecule has 6 heteroatoms. The lowest BCUT2D eigenvalue weighted by atomic mass is 10.1. The van der Waals surface area contributed by atoms with E-state index in [0.29, 0.717) is 0 Å². The van der Waals surface area contributed by atoms with Crippen LogP contribution in [0.1, 0.15) is 52.7 Å². The molecule has 4 nitrogen and oxygen atoms in total. The fourth-order valence-electron chi connectivity index (χ4n) is 1.76. The molecule has 1 rings (SSSR count). The van der Waals surface area contributed by atoms with Crippen molar-refractivity contribution in [2.24, 2.45) is 10.3 Å². The summed E-state index contributed by atoms with van der Waals surface area (Å²) in [7, 11) is 0. The largest absolute Gasteiger partial charge is 0.411 e. The molecule has 0 amide bonds. The summed E-state index contributed by atoms with van der Waals surface area (Å²) >= 11 is 3.42. The molecule has 0 unspecified atom stereocenters. The summed E-state index contributed by atoms with van der Waals surface area (Å²) in [6.07, 6.45) is 2.82. The van der Waals surface area contributed by atoms with Crippen molar-refractivity contribution in [3.05, 3.63) is 23.3 Å². The van der Waals surface area contributed by atoms with E-state index in [0.717, 1.165) is 20.9 Å². The van der Waals surface area contributed by atoms with E-state index in [1.165, 1.54) is 12.4 Å². The van der Waals surface area contributed by atoms with E-state index in [9.17, 15) is 0 Å². The standard InChI is InChI=1S/C16H24N2O2S2/c1-15(2,3)21-13-8-14(22-16(4,5)6)12(10-18-20)7-11(13)9-17-19/h7-10,19-20H,1-6H3/b17-9+,18-10+. The molecular formula is C16H24N2O2S2. The van der Waals surface area contributed by atoms with Crippen molar-refractivity contribution in [1.82, 2.24) is 0 Å². The Hall–Kier alpha value is -1.14. The third-order valence-corrected chi connectivity index (χ3v) is 4.74. The van der Waals surface area contributed by atoms with E-state index < -0.39 is 0 Å². The van der Waals surface area contributed by atoms with Crippen LogP contribution in [0.5, 0.6) is 0 Å². The molecule has 1 aromatic rings. The van der Waals surface area contributed by atoms with Crippen LogP contribution >= 0.6 is 23.5 Å². The number of hydrogen-bond donors (Lipinski definition) is 2. The first kappa shape index (κ1) is 18.9. The van der Waals surface area contributed by atoms with E-state index in [4.69, 9.17) is 10.4 Å². The van der Waals surface area contributed by atoms with Gasteiger partial charge in [0.1, 0.15) is 0 Å². The average molecular weight is 341 g/mol. The highest BCUT2D eigenvalue weighted by Crippen LogP contribution is 2.40. The van der Waals surface area contributed by atoms with E-state index in [-0.39, 0.29) is 9.49 Å². The molecule has 0 spiro atoms. The fraction of sp³-hybridized carbons (Fsp3) is 0.500. The average Bonchev–Trinajstić information content (AvgIpc) is 2.31. The van der Waals surface area contributed by atoms with Crippen molar-refractivity contribution in [2.45, 2.75) is 60.8 Å². The van der Waals surface area contributed by atoms with Crippen LogP contribution in [-0.4, -0.2) is 32.3 Å². The fourth-order valence-corrected chi connectivity index (χ4v) is 3.96. The lowest BCUT2D eigenvalue weighted by Gasteiger charge is -2.23. The summed E-state index contributed by atoms with van der Waals surface area (Å²) in [5, 5.41) is 24.1. The van der Waals surface area contributed by atoms with Gasteiger partial charge >= 0.3 is 0 Å². The van der Waals surface area contributed by atoms with Crippen molar-refractivity contribution in [3.8, 4) is 0 Å². The maximum absolute atomic E-state index is 8.89. The van der Waals surface area contributed by atoms with Crippen LogP contribution in [0.25, 0.3) is 0 Å². The van der Waals surface area contributed by atoms with E-state index in [2.05, 4.69) is 57.9 Å². The zero-order valence-corrected chi connectivity index (χ0v) is 15.5. The van der Waals surface area contributed by atoms with Gasteiger partial charge in [-0.1, -0.05) is 51.9 Å². The van der Waals surface area contributed by atoms with E-state index in [1.54, 1.807) is 23.5 Å². The first-order chi connectivity index (χ1) is 10.1. The number of nitrogens with zero attached hydrogens (tertiary/aromatic N) is 2. The molecule has 0 aliphatic carbocycles. The molecule has 0 saturated heterocycles. The van der Waals surface area contributed by atoms with Crippen LogP contribution in [0.4, 0.5) is 0 Å². The summed E-state index contributed by atoms with van der Waals surface area (Å²) in [5.41, 5.74) is 1.60. The SMILES string of the molecule is CC(C)(C)Sc1cc(SC(C)(C)C)c(/C=N/O)cc1/C=N/O. The van der Waals surface area contributed by atoms with Crippen LogP contribution < -0.4 is 0 Å². The van der Waals surface area contributed by atoms with E-state index in [1.807, 2.05) is 6.07 Å². The van der Waals surface area contributed by atoms with Gasteiger partial charge in [-0.05, 0) is 12.1 Å². The minimum absolute atomic E-state index is 0.0360. The Bertz CT molecular complexity index is 523. The maximum Gasteiger partial charge on any atom is 0.0745 e. The van der Waals surface area contributed by atoms with Gasteiger partial charge in [0.25, 0.3) is 0 Å². The highest BCUT2D eigenvalue weighted by Gasteiger charge is 2.20. The normalized spacial score (nSPS) is 13.4. The summed E-state index contributed by atoms with van der Waals surface area (Å²) in [5.74, 6) is 0. The topological polar surface area (TPSA) is 65.2 Å². The summed E-state index contributed by atoms with van der Waals surface area (Å²) in [6.45, 7) is 12.8. The van der Waals surface area contributed by atoms with Crippen LogP contribution in [0.3, 0.4) is 0 Å². The number of hydrogen-bond acceptors (Lipinski definition) is 6. The van der Waals surface area contributed by atoms with Gasteiger partial charge in [0.2, 0.25) is 0 Å².